The van der Waals surface area contributed by atoms with E-state index in [1.165, 1.54) is 0 Å². The van der Waals surface area contributed by atoms with Crippen LogP contribution in [0.25, 0.3) is 0 Å². The second-order valence-corrected chi connectivity index (χ2v) is 6.96. The van der Waals surface area contributed by atoms with Crippen molar-refractivity contribution in [3.63, 3.8) is 0 Å². The molecule has 1 saturated heterocycles. The quantitative estimate of drug-likeness (QED) is 0.750. The minimum atomic E-state index is -0.422. The molecule has 1 aromatic rings. The molecule has 0 spiro atoms. The van der Waals surface area contributed by atoms with Gasteiger partial charge in [-0.15, -0.1) is 0 Å². The number of ether oxygens (including phenoxy) is 1. The Morgan fingerprint density at radius 2 is 1.95 bits per heavy atom. The summed E-state index contributed by atoms with van der Waals surface area (Å²) in [6, 6.07) is 5.46. The van der Waals surface area contributed by atoms with Crippen LogP contribution >= 0.6 is 11.6 Å². The predicted octanol–water partition coefficient (Wildman–Crippen LogP) is 4.42. The number of benzene rings is 1. The monoisotopic (exact) mass is 280 g/mol. The highest BCUT2D eigenvalue weighted by Crippen LogP contribution is 2.43. The van der Waals surface area contributed by atoms with Crippen LogP contribution in [0.15, 0.2) is 18.2 Å². The van der Waals surface area contributed by atoms with Gasteiger partial charge >= 0.3 is 0 Å². The standard InChI is InChI=1S/C16H21ClO2/c1-10-8-11(6-7-13(10)17)14(18)12-9-15(2,3)19-16(12,4)5/h6-8,12H,9H2,1-5H3. The summed E-state index contributed by atoms with van der Waals surface area (Å²) < 4.78 is 6.00. The highest BCUT2D eigenvalue weighted by Gasteiger charge is 2.49. The molecule has 1 heterocycles. The maximum atomic E-state index is 12.7. The number of halogens is 1. The Morgan fingerprint density at radius 3 is 2.42 bits per heavy atom. The lowest BCUT2D eigenvalue weighted by molar-refractivity contribution is -0.0712. The van der Waals surface area contributed by atoms with E-state index in [-0.39, 0.29) is 17.3 Å². The molecular formula is C16H21ClO2. The molecule has 2 nitrogen and oxygen atoms in total. The van der Waals surface area contributed by atoms with Crippen molar-refractivity contribution in [2.24, 2.45) is 5.92 Å². The minimum Gasteiger partial charge on any atom is -0.369 e. The molecule has 0 bridgehead atoms. The molecule has 0 saturated carbocycles. The van der Waals surface area contributed by atoms with Crippen molar-refractivity contribution in [1.29, 1.82) is 0 Å². The first-order valence-corrected chi connectivity index (χ1v) is 7.01. The zero-order chi connectivity index (χ0) is 14.4. The third-order valence-electron chi connectivity index (χ3n) is 3.83. The summed E-state index contributed by atoms with van der Waals surface area (Å²) in [7, 11) is 0. The van der Waals surface area contributed by atoms with Gasteiger partial charge in [0.05, 0.1) is 17.1 Å². The van der Waals surface area contributed by atoms with Gasteiger partial charge in [-0.1, -0.05) is 11.6 Å². The van der Waals surface area contributed by atoms with Gasteiger partial charge in [-0.25, -0.2) is 0 Å². The van der Waals surface area contributed by atoms with Crippen molar-refractivity contribution in [3.8, 4) is 0 Å². The highest BCUT2D eigenvalue weighted by atomic mass is 35.5. The maximum absolute atomic E-state index is 12.7. The van der Waals surface area contributed by atoms with E-state index >= 15 is 0 Å². The largest absolute Gasteiger partial charge is 0.369 e. The average Bonchev–Trinajstić information content (AvgIpc) is 2.49. The van der Waals surface area contributed by atoms with Gasteiger partial charge in [-0.2, -0.15) is 0 Å². The van der Waals surface area contributed by atoms with Gasteiger partial charge in [0, 0.05) is 10.6 Å². The molecule has 1 atom stereocenters. The lowest BCUT2D eigenvalue weighted by Gasteiger charge is -2.26. The van der Waals surface area contributed by atoms with Crippen LogP contribution in [-0.4, -0.2) is 17.0 Å². The van der Waals surface area contributed by atoms with E-state index in [0.717, 1.165) is 17.5 Å². The van der Waals surface area contributed by atoms with Crippen molar-refractivity contribution < 1.29 is 9.53 Å². The Hall–Kier alpha value is -0.860. The van der Waals surface area contributed by atoms with Gasteiger partial charge in [-0.3, -0.25) is 4.79 Å². The predicted molar refractivity (Wildman–Crippen MR) is 77.9 cm³/mol. The van der Waals surface area contributed by atoms with E-state index in [1.807, 2.05) is 40.7 Å². The first kappa shape index (κ1) is 14.5. The summed E-state index contributed by atoms with van der Waals surface area (Å²) in [5.41, 5.74) is 0.990. The fourth-order valence-corrected chi connectivity index (χ4v) is 3.09. The molecule has 1 fully saturated rings. The van der Waals surface area contributed by atoms with Crippen molar-refractivity contribution >= 4 is 17.4 Å². The number of aryl methyl sites for hydroxylation is 1. The molecule has 3 heteroatoms. The Kier molecular flexibility index (Phi) is 3.53. The number of rotatable bonds is 2. The summed E-state index contributed by atoms with van der Waals surface area (Å²) in [4.78, 5) is 12.7. The molecule has 19 heavy (non-hydrogen) atoms. The number of hydrogen-bond acceptors (Lipinski definition) is 2. The molecule has 1 aromatic carbocycles. The highest BCUT2D eigenvalue weighted by molar-refractivity contribution is 6.31. The third kappa shape index (κ3) is 2.85. The molecule has 0 aromatic heterocycles. The van der Waals surface area contributed by atoms with Crippen molar-refractivity contribution in [2.45, 2.75) is 52.2 Å². The molecule has 0 radical (unpaired) electrons. The Bertz CT molecular complexity index is 517. The topological polar surface area (TPSA) is 26.3 Å². The van der Waals surface area contributed by atoms with E-state index in [4.69, 9.17) is 16.3 Å². The lowest BCUT2D eigenvalue weighted by atomic mass is 9.81. The van der Waals surface area contributed by atoms with E-state index in [2.05, 4.69) is 0 Å². The molecular weight excluding hydrogens is 260 g/mol. The van der Waals surface area contributed by atoms with Crippen molar-refractivity contribution in [2.75, 3.05) is 0 Å². The average molecular weight is 281 g/mol. The van der Waals surface area contributed by atoms with Crippen LogP contribution in [0, 0.1) is 12.8 Å². The van der Waals surface area contributed by atoms with Crippen LogP contribution in [0.3, 0.4) is 0 Å². The maximum Gasteiger partial charge on any atom is 0.168 e. The van der Waals surface area contributed by atoms with Crippen LogP contribution in [0.2, 0.25) is 5.02 Å². The van der Waals surface area contributed by atoms with E-state index in [9.17, 15) is 4.79 Å². The zero-order valence-electron chi connectivity index (χ0n) is 12.2. The molecule has 1 unspecified atom stereocenters. The Morgan fingerprint density at radius 1 is 1.32 bits per heavy atom. The zero-order valence-corrected chi connectivity index (χ0v) is 13.0. The first-order chi connectivity index (χ1) is 8.62. The van der Waals surface area contributed by atoms with Gasteiger partial charge in [0.1, 0.15) is 0 Å². The van der Waals surface area contributed by atoms with Crippen LogP contribution in [0.4, 0.5) is 0 Å². The fourth-order valence-electron chi connectivity index (χ4n) is 2.97. The van der Waals surface area contributed by atoms with E-state index < -0.39 is 5.60 Å². The minimum absolute atomic E-state index is 0.108. The van der Waals surface area contributed by atoms with Gasteiger partial charge < -0.3 is 4.74 Å². The molecule has 2 rings (SSSR count). The molecule has 0 aliphatic carbocycles. The number of Topliss-reactive ketones (excluding diaryl/α,β-unsaturated/α-hetero) is 1. The second kappa shape index (κ2) is 4.60. The van der Waals surface area contributed by atoms with Crippen LogP contribution in [0.5, 0.6) is 0 Å². The van der Waals surface area contributed by atoms with E-state index in [1.54, 1.807) is 12.1 Å². The van der Waals surface area contributed by atoms with Gasteiger partial charge in [-0.05, 0) is 64.8 Å². The van der Waals surface area contributed by atoms with Crippen LogP contribution in [-0.2, 0) is 4.74 Å². The number of hydrogen-bond donors (Lipinski definition) is 0. The summed E-state index contributed by atoms with van der Waals surface area (Å²) in [5.74, 6) is 0.0402. The first-order valence-electron chi connectivity index (χ1n) is 6.63. The molecule has 1 aliphatic rings. The Labute approximate surface area is 120 Å². The molecule has 0 N–H and O–H groups in total. The summed E-state index contributed by atoms with van der Waals surface area (Å²) in [5, 5.41) is 0.693. The molecule has 1 aliphatic heterocycles. The van der Waals surface area contributed by atoms with Gasteiger partial charge in [0.15, 0.2) is 5.78 Å². The third-order valence-corrected chi connectivity index (χ3v) is 4.26. The van der Waals surface area contributed by atoms with Crippen LogP contribution < -0.4 is 0 Å². The lowest BCUT2D eigenvalue weighted by Crippen LogP contribution is -2.33. The Balaban J connectivity index is 2.31. The second-order valence-electron chi connectivity index (χ2n) is 6.55. The van der Waals surface area contributed by atoms with Crippen molar-refractivity contribution in [3.05, 3.63) is 34.3 Å². The normalized spacial score (nSPS) is 24.4. The smallest absolute Gasteiger partial charge is 0.168 e. The SMILES string of the molecule is Cc1cc(C(=O)C2CC(C)(C)OC2(C)C)ccc1Cl. The molecule has 0 amide bonds. The van der Waals surface area contributed by atoms with Crippen molar-refractivity contribution in [1.82, 2.24) is 0 Å². The van der Waals surface area contributed by atoms with Gasteiger partial charge in [0.2, 0.25) is 0 Å². The number of carbonyl (C=O) groups excluding carboxylic acids is 1. The summed E-state index contributed by atoms with van der Waals surface area (Å²) in [6.07, 6.45) is 0.751. The van der Waals surface area contributed by atoms with Gasteiger partial charge in [0.25, 0.3) is 0 Å². The van der Waals surface area contributed by atoms with E-state index in [0.29, 0.717) is 5.02 Å². The summed E-state index contributed by atoms with van der Waals surface area (Å²) >= 11 is 6.01. The van der Waals surface area contributed by atoms with Crippen LogP contribution in [0.1, 0.15) is 50.0 Å². The fraction of sp³-hybridized carbons (Fsp3) is 0.562. The number of carbonyl (C=O) groups is 1. The molecule has 104 valence electrons. The number of ketones is 1. The summed E-state index contributed by atoms with van der Waals surface area (Å²) in [6.45, 7) is 9.98.